The van der Waals surface area contributed by atoms with Gasteiger partial charge >= 0.3 is 0 Å². The first-order valence-electron chi connectivity index (χ1n) is 4.35. The molecule has 0 aliphatic carbocycles. The standard InChI is InChI=1S/C9H19NO2S/c1-9(2,3)13-7-8(12)10(4)5-6-11/h11H,5-7H2,1-4H3. The lowest BCUT2D eigenvalue weighted by molar-refractivity contribution is -0.127. The van der Waals surface area contributed by atoms with Gasteiger partial charge in [0.2, 0.25) is 5.91 Å². The van der Waals surface area contributed by atoms with E-state index in [1.807, 2.05) is 0 Å². The molecule has 0 fully saturated rings. The quantitative estimate of drug-likeness (QED) is 0.743. The van der Waals surface area contributed by atoms with Crippen LogP contribution in [0.3, 0.4) is 0 Å². The van der Waals surface area contributed by atoms with E-state index in [4.69, 9.17) is 5.11 Å². The van der Waals surface area contributed by atoms with Crippen molar-refractivity contribution in [1.29, 1.82) is 0 Å². The zero-order valence-corrected chi connectivity index (χ0v) is 9.65. The molecular formula is C9H19NO2S. The zero-order valence-electron chi connectivity index (χ0n) is 8.83. The molecule has 0 bridgehead atoms. The number of carbonyl (C=O) groups excluding carboxylic acids is 1. The molecule has 0 saturated heterocycles. The predicted octanol–water partition coefficient (Wildman–Crippen LogP) is 0.969. The molecule has 1 N–H and O–H groups in total. The number of nitrogens with zero attached hydrogens (tertiary/aromatic N) is 1. The summed E-state index contributed by atoms with van der Waals surface area (Å²) in [7, 11) is 1.71. The van der Waals surface area contributed by atoms with Crippen LogP contribution in [-0.4, -0.2) is 46.6 Å². The van der Waals surface area contributed by atoms with Gasteiger partial charge in [0.1, 0.15) is 0 Å². The molecule has 13 heavy (non-hydrogen) atoms. The Morgan fingerprint density at radius 1 is 1.46 bits per heavy atom. The summed E-state index contributed by atoms with van der Waals surface area (Å²) in [5.74, 6) is 0.564. The van der Waals surface area contributed by atoms with Gasteiger partial charge in [-0.05, 0) is 0 Å². The van der Waals surface area contributed by atoms with E-state index in [9.17, 15) is 4.79 Å². The van der Waals surface area contributed by atoms with Gasteiger partial charge in [-0.25, -0.2) is 0 Å². The van der Waals surface area contributed by atoms with Crippen molar-refractivity contribution in [2.24, 2.45) is 0 Å². The van der Waals surface area contributed by atoms with Gasteiger partial charge in [-0.3, -0.25) is 4.79 Å². The molecule has 0 saturated carbocycles. The average Bonchev–Trinajstić information content (AvgIpc) is 1.99. The van der Waals surface area contributed by atoms with Crippen LogP contribution in [0.4, 0.5) is 0 Å². The maximum atomic E-state index is 11.4. The lowest BCUT2D eigenvalue weighted by Gasteiger charge is -2.20. The largest absolute Gasteiger partial charge is 0.395 e. The van der Waals surface area contributed by atoms with Crippen molar-refractivity contribution in [1.82, 2.24) is 4.90 Å². The molecule has 0 heterocycles. The third-order valence-corrected chi connectivity index (χ3v) is 2.75. The van der Waals surface area contributed by atoms with Gasteiger partial charge < -0.3 is 10.0 Å². The Morgan fingerprint density at radius 3 is 2.38 bits per heavy atom. The predicted molar refractivity (Wildman–Crippen MR) is 56.9 cm³/mol. The Morgan fingerprint density at radius 2 is 2.00 bits per heavy atom. The second-order valence-electron chi connectivity index (χ2n) is 3.94. The van der Waals surface area contributed by atoms with E-state index < -0.39 is 0 Å². The van der Waals surface area contributed by atoms with Crippen molar-refractivity contribution >= 4 is 17.7 Å². The van der Waals surface area contributed by atoms with Crippen LogP contribution in [-0.2, 0) is 4.79 Å². The summed E-state index contributed by atoms with van der Waals surface area (Å²) in [5.41, 5.74) is 0. The first-order valence-corrected chi connectivity index (χ1v) is 5.34. The zero-order chi connectivity index (χ0) is 10.5. The number of hydrogen-bond donors (Lipinski definition) is 1. The minimum atomic E-state index is 0.0302. The molecule has 0 aromatic rings. The molecule has 0 rings (SSSR count). The second kappa shape index (κ2) is 5.50. The summed E-state index contributed by atoms with van der Waals surface area (Å²) in [6.45, 7) is 6.69. The number of carbonyl (C=O) groups is 1. The van der Waals surface area contributed by atoms with E-state index in [-0.39, 0.29) is 17.3 Å². The monoisotopic (exact) mass is 205 g/mol. The van der Waals surface area contributed by atoms with Crippen LogP contribution in [0.2, 0.25) is 0 Å². The highest BCUT2D eigenvalue weighted by molar-refractivity contribution is 8.01. The molecule has 0 radical (unpaired) electrons. The van der Waals surface area contributed by atoms with Crippen LogP contribution in [0.15, 0.2) is 0 Å². The summed E-state index contributed by atoms with van der Waals surface area (Å²) in [5, 5.41) is 8.61. The number of aliphatic hydroxyl groups excluding tert-OH is 1. The molecule has 3 nitrogen and oxygen atoms in total. The van der Waals surface area contributed by atoms with E-state index in [1.165, 1.54) is 0 Å². The number of hydrogen-bond acceptors (Lipinski definition) is 3. The van der Waals surface area contributed by atoms with Gasteiger partial charge in [-0.15, -0.1) is 11.8 Å². The molecule has 4 heteroatoms. The molecule has 0 aromatic heterocycles. The van der Waals surface area contributed by atoms with Gasteiger partial charge in [0.15, 0.2) is 0 Å². The van der Waals surface area contributed by atoms with Crippen LogP contribution in [0.1, 0.15) is 20.8 Å². The molecule has 0 spiro atoms. The number of aliphatic hydroxyl groups is 1. The van der Waals surface area contributed by atoms with Crippen molar-refractivity contribution in [2.45, 2.75) is 25.5 Å². The van der Waals surface area contributed by atoms with Gasteiger partial charge in [0.25, 0.3) is 0 Å². The molecule has 0 aliphatic rings. The van der Waals surface area contributed by atoms with Crippen molar-refractivity contribution in [3.05, 3.63) is 0 Å². The van der Waals surface area contributed by atoms with Gasteiger partial charge in [0.05, 0.1) is 12.4 Å². The lowest BCUT2D eigenvalue weighted by atomic mass is 10.3. The molecule has 0 atom stereocenters. The third kappa shape index (κ3) is 6.90. The van der Waals surface area contributed by atoms with Crippen molar-refractivity contribution < 1.29 is 9.90 Å². The minimum Gasteiger partial charge on any atom is -0.395 e. The second-order valence-corrected chi connectivity index (χ2v) is 5.74. The normalized spacial score (nSPS) is 11.5. The Balaban J connectivity index is 3.74. The average molecular weight is 205 g/mol. The van der Waals surface area contributed by atoms with Gasteiger partial charge in [-0.1, -0.05) is 20.8 Å². The summed E-state index contributed by atoms with van der Waals surface area (Å²) in [4.78, 5) is 12.9. The fraction of sp³-hybridized carbons (Fsp3) is 0.889. The highest BCUT2D eigenvalue weighted by Gasteiger charge is 2.15. The summed E-state index contributed by atoms with van der Waals surface area (Å²) < 4.78 is 0.121. The molecule has 1 amide bonds. The Bertz CT molecular complexity index is 165. The summed E-state index contributed by atoms with van der Waals surface area (Å²) in [6.07, 6.45) is 0. The van der Waals surface area contributed by atoms with E-state index in [0.29, 0.717) is 12.3 Å². The maximum absolute atomic E-state index is 11.4. The fourth-order valence-corrected chi connectivity index (χ4v) is 1.44. The molecule has 0 unspecified atom stereocenters. The van der Waals surface area contributed by atoms with Crippen molar-refractivity contribution in [3.8, 4) is 0 Å². The van der Waals surface area contributed by atoms with E-state index in [2.05, 4.69) is 20.8 Å². The first kappa shape index (κ1) is 12.8. The van der Waals surface area contributed by atoms with Crippen LogP contribution < -0.4 is 0 Å². The van der Waals surface area contributed by atoms with E-state index >= 15 is 0 Å². The van der Waals surface area contributed by atoms with Crippen LogP contribution >= 0.6 is 11.8 Å². The Hall–Kier alpha value is -0.220. The number of amides is 1. The topological polar surface area (TPSA) is 40.5 Å². The maximum Gasteiger partial charge on any atom is 0.232 e. The Labute approximate surface area is 84.5 Å². The smallest absolute Gasteiger partial charge is 0.232 e. The Kier molecular flexibility index (Phi) is 5.40. The van der Waals surface area contributed by atoms with Crippen LogP contribution in [0, 0.1) is 0 Å². The molecular weight excluding hydrogens is 186 g/mol. The lowest BCUT2D eigenvalue weighted by Crippen LogP contribution is -2.31. The van der Waals surface area contributed by atoms with Crippen LogP contribution in [0.5, 0.6) is 0 Å². The first-order chi connectivity index (χ1) is 5.87. The molecule has 0 aromatic carbocycles. The van der Waals surface area contributed by atoms with Gasteiger partial charge in [0, 0.05) is 18.3 Å². The van der Waals surface area contributed by atoms with Crippen LogP contribution in [0.25, 0.3) is 0 Å². The minimum absolute atomic E-state index is 0.0302. The summed E-state index contributed by atoms with van der Waals surface area (Å²) >= 11 is 1.62. The van der Waals surface area contributed by atoms with Crippen molar-refractivity contribution in [2.75, 3.05) is 26.0 Å². The number of rotatable bonds is 4. The highest BCUT2D eigenvalue weighted by atomic mass is 32.2. The SMILES string of the molecule is CN(CCO)C(=O)CSC(C)(C)C. The van der Waals surface area contributed by atoms with E-state index in [1.54, 1.807) is 23.7 Å². The van der Waals surface area contributed by atoms with Gasteiger partial charge in [-0.2, -0.15) is 0 Å². The van der Waals surface area contributed by atoms with Crippen molar-refractivity contribution in [3.63, 3.8) is 0 Å². The number of thioether (sulfide) groups is 1. The number of likely N-dealkylation sites (N-methyl/N-ethyl adjacent to an activating group) is 1. The highest BCUT2D eigenvalue weighted by Crippen LogP contribution is 2.22. The van der Waals surface area contributed by atoms with E-state index in [0.717, 1.165) is 0 Å². The third-order valence-electron chi connectivity index (χ3n) is 1.49. The fourth-order valence-electron chi connectivity index (χ4n) is 0.663. The summed E-state index contributed by atoms with van der Waals surface area (Å²) in [6, 6.07) is 0. The molecule has 0 aliphatic heterocycles. The molecule has 78 valence electrons.